The number of nitriles is 1. The van der Waals surface area contributed by atoms with Crippen molar-refractivity contribution in [3.05, 3.63) is 29.3 Å². The fourth-order valence-electron chi connectivity index (χ4n) is 1.70. The van der Waals surface area contributed by atoms with Gasteiger partial charge < -0.3 is 9.47 Å². The summed E-state index contributed by atoms with van der Waals surface area (Å²) in [6.45, 7) is 5.54. The van der Waals surface area contributed by atoms with E-state index in [1.54, 1.807) is 32.4 Å². The van der Waals surface area contributed by atoms with Gasteiger partial charge in [0.25, 0.3) is 0 Å². The van der Waals surface area contributed by atoms with Gasteiger partial charge in [-0.3, -0.25) is 4.79 Å². The van der Waals surface area contributed by atoms with Crippen molar-refractivity contribution in [2.24, 2.45) is 5.41 Å². The summed E-state index contributed by atoms with van der Waals surface area (Å²) >= 11 is 0. The van der Waals surface area contributed by atoms with Crippen LogP contribution in [0.5, 0.6) is 11.5 Å². The summed E-state index contributed by atoms with van der Waals surface area (Å²) in [5.74, 6) is 1.25. The van der Waals surface area contributed by atoms with Crippen LogP contribution in [0, 0.1) is 16.7 Å². The molecule has 0 atom stereocenters. The molecule has 4 heteroatoms. The van der Waals surface area contributed by atoms with Crippen molar-refractivity contribution in [3.8, 4) is 17.6 Å². The predicted octanol–water partition coefficient (Wildman–Crippen LogP) is 3.62. The van der Waals surface area contributed by atoms with Crippen molar-refractivity contribution >= 4 is 11.9 Å². The molecule has 0 spiro atoms. The van der Waals surface area contributed by atoms with E-state index in [9.17, 15) is 10.1 Å². The van der Waals surface area contributed by atoms with Gasteiger partial charge in [-0.2, -0.15) is 5.26 Å². The Hall–Kier alpha value is -2.28. The monoisotopic (exact) mass is 287 g/mol. The molecule has 0 radical (unpaired) electrons. The number of carbonyl (C=O) groups excluding carboxylic acids is 1. The zero-order valence-electron chi connectivity index (χ0n) is 13.2. The number of benzene rings is 1. The Bertz CT molecular complexity index is 589. The third-order valence-electron chi connectivity index (χ3n) is 3.08. The van der Waals surface area contributed by atoms with Gasteiger partial charge in [0.05, 0.1) is 20.3 Å². The summed E-state index contributed by atoms with van der Waals surface area (Å²) in [6.07, 6.45) is 1.83. The largest absolute Gasteiger partial charge is 0.493 e. The average Bonchev–Trinajstić information content (AvgIpc) is 2.45. The molecular formula is C17H21NO3. The molecule has 0 fully saturated rings. The van der Waals surface area contributed by atoms with Gasteiger partial charge >= 0.3 is 0 Å². The molecular weight excluding hydrogens is 266 g/mol. The lowest BCUT2D eigenvalue weighted by Gasteiger charge is -2.15. The quantitative estimate of drug-likeness (QED) is 0.776. The van der Waals surface area contributed by atoms with Crippen LogP contribution >= 0.6 is 0 Å². The maximum atomic E-state index is 12.0. The standard InChI is InChI=1S/C17H21NO3/c1-17(2,3)16(19)10-13(11-18)8-12-6-7-14(20-4)15(9-12)21-5/h6-9H,10H2,1-5H3. The normalized spacial score (nSPS) is 11.7. The van der Waals surface area contributed by atoms with Crippen LogP contribution in [0.15, 0.2) is 23.8 Å². The lowest BCUT2D eigenvalue weighted by atomic mass is 9.87. The Labute approximate surface area is 126 Å². The van der Waals surface area contributed by atoms with Crippen LogP contribution < -0.4 is 9.47 Å². The number of ketones is 1. The Balaban J connectivity index is 3.04. The number of carbonyl (C=O) groups is 1. The van der Waals surface area contributed by atoms with Crippen molar-refractivity contribution in [2.75, 3.05) is 14.2 Å². The molecule has 1 aromatic carbocycles. The van der Waals surface area contributed by atoms with Gasteiger partial charge in [0, 0.05) is 17.4 Å². The number of hydrogen-bond acceptors (Lipinski definition) is 4. The van der Waals surface area contributed by atoms with Crippen LogP contribution in [0.1, 0.15) is 32.8 Å². The van der Waals surface area contributed by atoms with Gasteiger partial charge in [0.1, 0.15) is 5.78 Å². The topological polar surface area (TPSA) is 59.3 Å². The van der Waals surface area contributed by atoms with Crippen molar-refractivity contribution in [1.82, 2.24) is 0 Å². The molecule has 4 nitrogen and oxygen atoms in total. The first kappa shape index (κ1) is 16.8. The Kier molecular flexibility index (Phi) is 5.54. The minimum Gasteiger partial charge on any atom is -0.493 e. The fraction of sp³-hybridized carbons (Fsp3) is 0.412. The number of allylic oxidation sites excluding steroid dienone is 1. The van der Waals surface area contributed by atoms with Crippen LogP contribution in [0.25, 0.3) is 6.08 Å². The molecule has 0 heterocycles. The molecule has 1 rings (SSSR count). The van der Waals surface area contributed by atoms with E-state index in [4.69, 9.17) is 9.47 Å². The number of ether oxygens (including phenoxy) is 2. The molecule has 0 amide bonds. The van der Waals surface area contributed by atoms with E-state index in [0.717, 1.165) is 5.56 Å². The minimum absolute atomic E-state index is 0.0378. The van der Waals surface area contributed by atoms with Gasteiger partial charge in [-0.15, -0.1) is 0 Å². The molecule has 0 aliphatic heterocycles. The van der Waals surface area contributed by atoms with E-state index in [0.29, 0.717) is 17.1 Å². The smallest absolute Gasteiger partial charge is 0.161 e. The lowest BCUT2D eigenvalue weighted by molar-refractivity contribution is -0.125. The van der Waals surface area contributed by atoms with Gasteiger partial charge in [-0.1, -0.05) is 26.8 Å². The Morgan fingerprint density at radius 3 is 2.33 bits per heavy atom. The van der Waals surface area contributed by atoms with Gasteiger partial charge in [-0.25, -0.2) is 0 Å². The molecule has 0 saturated carbocycles. The molecule has 0 N–H and O–H groups in total. The number of methoxy groups -OCH3 is 2. The molecule has 0 bridgehead atoms. The maximum absolute atomic E-state index is 12.0. The summed E-state index contributed by atoms with van der Waals surface area (Å²) in [5.41, 5.74) is 0.779. The second-order valence-corrected chi connectivity index (χ2v) is 5.75. The second-order valence-electron chi connectivity index (χ2n) is 5.75. The molecule has 0 aliphatic rings. The van der Waals surface area contributed by atoms with Crippen LogP contribution in [-0.2, 0) is 4.79 Å². The Morgan fingerprint density at radius 2 is 1.86 bits per heavy atom. The number of nitrogens with zero attached hydrogens (tertiary/aromatic N) is 1. The zero-order chi connectivity index (χ0) is 16.0. The first-order valence-corrected chi connectivity index (χ1v) is 6.67. The highest BCUT2D eigenvalue weighted by atomic mass is 16.5. The number of rotatable bonds is 5. The first-order valence-electron chi connectivity index (χ1n) is 6.67. The third kappa shape index (κ3) is 4.64. The highest BCUT2D eigenvalue weighted by Gasteiger charge is 2.22. The third-order valence-corrected chi connectivity index (χ3v) is 3.08. The van der Waals surface area contributed by atoms with E-state index in [1.807, 2.05) is 26.8 Å². The summed E-state index contributed by atoms with van der Waals surface area (Å²) in [4.78, 5) is 12.0. The second kappa shape index (κ2) is 6.94. The molecule has 0 saturated heterocycles. The summed E-state index contributed by atoms with van der Waals surface area (Å²) in [6, 6.07) is 7.45. The van der Waals surface area contributed by atoms with Gasteiger partial charge in [0.15, 0.2) is 11.5 Å². The number of Topliss-reactive ketones (excluding diaryl/α,β-unsaturated/α-hetero) is 1. The first-order chi connectivity index (χ1) is 9.81. The lowest BCUT2D eigenvalue weighted by Crippen LogP contribution is -2.20. The van der Waals surface area contributed by atoms with Crippen molar-refractivity contribution < 1.29 is 14.3 Å². The van der Waals surface area contributed by atoms with Gasteiger partial charge in [-0.05, 0) is 23.8 Å². The van der Waals surface area contributed by atoms with Crippen LogP contribution in [0.3, 0.4) is 0 Å². The van der Waals surface area contributed by atoms with E-state index >= 15 is 0 Å². The maximum Gasteiger partial charge on any atom is 0.161 e. The van der Waals surface area contributed by atoms with Crippen LogP contribution in [-0.4, -0.2) is 20.0 Å². The van der Waals surface area contributed by atoms with Crippen molar-refractivity contribution in [2.45, 2.75) is 27.2 Å². The molecule has 21 heavy (non-hydrogen) atoms. The van der Waals surface area contributed by atoms with Crippen LogP contribution in [0.2, 0.25) is 0 Å². The van der Waals surface area contributed by atoms with Gasteiger partial charge in [0.2, 0.25) is 0 Å². The molecule has 0 aromatic heterocycles. The highest BCUT2D eigenvalue weighted by molar-refractivity contribution is 5.87. The SMILES string of the molecule is COc1ccc(C=C(C#N)CC(=O)C(C)(C)C)cc1OC. The van der Waals surface area contributed by atoms with E-state index in [-0.39, 0.29) is 12.2 Å². The summed E-state index contributed by atoms with van der Waals surface area (Å²) in [5, 5.41) is 9.20. The highest BCUT2D eigenvalue weighted by Crippen LogP contribution is 2.29. The predicted molar refractivity (Wildman–Crippen MR) is 82.2 cm³/mol. The van der Waals surface area contributed by atoms with E-state index < -0.39 is 5.41 Å². The zero-order valence-corrected chi connectivity index (χ0v) is 13.2. The summed E-state index contributed by atoms with van der Waals surface area (Å²) in [7, 11) is 3.12. The molecule has 0 unspecified atom stereocenters. The molecule has 0 aliphatic carbocycles. The number of hydrogen-bond donors (Lipinski definition) is 0. The van der Waals surface area contributed by atoms with Crippen molar-refractivity contribution in [1.29, 1.82) is 5.26 Å². The van der Waals surface area contributed by atoms with Crippen molar-refractivity contribution in [3.63, 3.8) is 0 Å². The Morgan fingerprint density at radius 1 is 1.24 bits per heavy atom. The molecule has 112 valence electrons. The summed E-state index contributed by atoms with van der Waals surface area (Å²) < 4.78 is 10.4. The molecule has 1 aromatic rings. The van der Waals surface area contributed by atoms with Crippen LogP contribution in [0.4, 0.5) is 0 Å². The van der Waals surface area contributed by atoms with E-state index in [2.05, 4.69) is 6.07 Å². The van der Waals surface area contributed by atoms with E-state index in [1.165, 1.54) is 0 Å². The average molecular weight is 287 g/mol. The fourth-order valence-corrected chi connectivity index (χ4v) is 1.70. The minimum atomic E-state index is -0.451.